The number of carbonyl (C=O) groups is 1. The standard InChI is InChI=1S/C26H43N5O2S/c1-8-24(32)29-13-15-30(16-14-29)34-28(7)21-10-11-23-22(18-21)27-25(26(4,5)6)31(23)19-20(3)12-17-33-9-2/h10-11,18,20H,8-9,12-17,19H2,1-7H3. The van der Waals surface area contributed by atoms with Gasteiger partial charge in [0.2, 0.25) is 5.91 Å². The molecule has 1 aliphatic rings. The fraction of sp³-hybridized carbons (Fsp3) is 0.692. The molecule has 0 bridgehead atoms. The normalized spacial score (nSPS) is 16.3. The van der Waals surface area contributed by atoms with Crippen LogP contribution in [0.15, 0.2) is 18.2 Å². The van der Waals surface area contributed by atoms with Crippen molar-refractivity contribution in [2.24, 2.45) is 5.92 Å². The van der Waals surface area contributed by atoms with Crippen LogP contribution in [-0.4, -0.2) is 71.1 Å². The molecule has 8 heteroatoms. The van der Waals surface area contributed by atoms with E-state index in [-0.39, 0.29) is 11.3 Å². The molecule has 0 aliphatic carbocycles. The highest BCUT2D eigenvalue weighted by Gasteiger charge is 2.25. The van der Waals surface area contributed by atoms with Crippen molar-refractivity contribution in [1.29, 1.82) is 0 Å². The summed E-state index contributed by atoms with van der Waals surface area (Å²) in [6.45, 7) is 18.9. The van der Waals surface area contributed by atoms with Crippen LogP contribution < -0.4 is 4.31 Å². The highest BCUT2D eigenvalue weighted by atomic mass is 32.2. The third-order valence-electron chi connectivity index (χ3n) is 6.35. The van der Waals surface area contributed by atoms with E-state index in [2.05, 4.69) is 66.1 Å². The SMILES string of the molecule is CCOCCC(C)Cn1c(C(C)(C)C)nc2cc(N(C)SN3CCN(C(=O)CC)CC3)ccc21. The number of fused-ring (bicyclic) bond motifs is 1. The molecular formula is C26H43N5O2S. The number of nitrogens with zero attached hydrogens (tertiary/aromatic N) is 5. The minimum absolute atomic E-state index is 0.0327. The summed E-state index contributed by atoms with van der Waals surface area (Å²) in [6.07, 6.45) is 1.63. The van der Waals surface area contributed by atoms with Crippen molar-refractivity contribution >= 4 is 34.8 Å². The van der Waals surface area contributed by atoms with Gasteiger partial charge in [-0.05, 0) is 37.5 Å². The van der Waals surface area contributed by atoms with Gasteiger partial charge in [0.1, 0.15) is 5.82 Å². The quantitative estimate of drug-likeness (QED) is 0.348. The lowest BCUT2D eigenvalue weighted by Gasteiger charge is -2.35. The minimum atomic E-state index is -0.0327. The molecule has 7 nitrogen and oxygen atoms in total. The van der Waals surface area contributed by atoms with Crippen LogP contribution in [-0.2, 0) is 21.5 Å². The Morgan fingerprint density at radius 3 is 2.53 bits per heavy atom. The van der Waals surface area contributed by atoms with Crippen LogP contribution in [0.4, 0.5) is 5.69 Å². The smallest absolute Gasteiger partial charge is 0.222 e. The summed E-state index contributed by atoms with van der Waals surface area (Å²) in [4.78, 5) is 19.0. The molecule has 2 aromatic rings. The summed E-state index contributed by atoms with van der Waals surface area (Å²) in [7, 11) is 2.10. The van der Waals surface area contributed by atoms with Crippen LogP contribution in [0.5, 0.6) is 0 Å². The zero-order chi connectivity index (χ0) is 24.9. The number of rotatable bonds is 10. The maximum absolute atomic E-state index is 11.9. The first-order valence-electron chi connectivity index (χ1n) is 12.7. The molecule has 1 amide bonds. The Labute approximate surface area is 210 Å². The van der Waals surface area contributed by atoms with Gasteiger partial charge < -0.3 is 18.5 Å². The summed E-state index contributed by atoms with van der Waals surface area (Å²) in [6, 6.07) is 6.62. The van der Waals surface area contributed by atoms with Gasteiger partial charge in [0.25, 0.3) is 0 Å². The highest BCUT2D eigenvalue weighted by molar-refractivity contribution is 7.98. The summed E-state index contributed by atoms with van der Waals surface area (Å²) in [5.74, 6) is 1.90. The van der Waals surface area contributed by atoms with Crippen LogP contribution in [0.2, 0.25) is 0 Å². The van der Waals surface area contributed by atoms with Crippen LogP contribution in [0, 0.1) is 5.92 Å². The number of benzene rings is 1. The first-order valence-corrected chi connectivity index (χ1v) is 13.4. The number of hydrogen-bond donors (Lipinski definition) is 0. The van der Waals surface area contributed by atoms with Crippen LogP contribution in [0.3, 0.4) is 0 Å². The fourth-order valence-electron chi connectivity index (χ4n) is 4.37. The molecule has 1 unspecified atom stereocenters. The molecule has 34 heavy (non-hydrogen) atoms. The monoisotopic (exact) mass is 489 g/mol. The number of hydrogen-bond acceptors (Lipinski definition) is 6. The number of carbonyl (C=O) groups excluding carboxylic acids is 1. The van der Waals surface area contributed by atoms with Crippen molar-refractivity contribution < 1.29 is 9.53 Å². The first kappa shape index (κ1) is 26.8. The lowest BCUT2D eigenvalue weighted by Crippen LogP contribution is -2.46. The van der Waals surface area contributed by atoms with Crippen molar-refractivity contribution in [3.63, 3.8) is 0 Å². The van der Waals surface area contributed by atoms with E-state index >= 15 is 0 Å². The summed E-state index contributed by atoms with van der Waals surface area (Å²) in [5.41, 5.74) is 3.35. The van der Waals surface area contributed by atoms with E-state index < -0.39 is 0 Å². The second-order valence-electron chi connectivity index (χ2n) is 10.3. The number of anilines is 1. The Balaban J connectivity index is 1.74. The molecule has 1 aromatic heterocycles. The van der Waals surface area contributed by atoms with E-state index in [4.69, 9.17) is 9.72 Å². The van der Waals surface area contributed by atoms with Gasteiger partial charge in [0, 0.05) is 77.0 Å². The van der Waals surface area contributed by atoms with E-state index in [0.29, 0.717) is 12.3 Å². The molecule has 1 atom stereocenters. The van der Waals surface area contributed by atoms with Gasteiger partial charge in [0.05, 0.1) is 16.7 Å². The van der Waals surface area contributed by atoms with Gasteiger partial charge >= 0.3 is 0 Å². The zero-order valence-corrected chi connectivity index (χ0v) is 23.0. The Hall–Kier alpha value is -1.77. The number of amides is 1. The Kier molecular flexibility index (Phi) is 9.29. The van der Waals surface area contributed by atoms with Crippen LogP contribution >= 0.6 is 12.1 Å². The predicted octanol–water partition coefficient (Wildman–Crippen LogP) is 4.95. The molecule has 1 aromatic carbocycles. The van der Waals surface area contributed by atoms with E-state index in [9.17, 15) is 4.79 Å². The third-order valence-corrected chi connectivity index (χ3v) is 7.40. The largest absolute Gasteiger partial charge is 0.382 e. The molecule has 3 rings (SSSR count). The second kappa shape index (κ2) is 11.8. The number of imidazole rings is 1. The Morgan fingerprint density at radius 1 is 1.21 bits per heavy atom. The van der Waals surface area contributed by atoms with Gasteiger partial charge in [-0.3, -0.25) is 4.79 Å². The second-order valence-corrected chi connectivity index (χ2v) is 11.5. The van der Waals surface area contributed by atoms with Gasteiger partial charge in [-0.2, -0.15) is 0 Å². The van der Waals surface area contributed by atoms with E-state index in [1.54, 1.807) is 12.1 Å². The molecule has 0 saturated carbocycles. The van der Waals surface area contributed by atoms with Crippen molar-refractivity contribution in [3.8, 4) is 0 Å². The van der Waals surface area contributed by atoms with Crippen molar-refractivity contribution in [2.45, 2.75) is 66.3 Å². The first-order chi connectivity index (χ1) is 16.1. The molecule has 0 N–H and O–H groups in total. The highest BCUT2D eigenvalue weighted by Crippen LogP contribution is 2.32. The van der Waals surface area contributed by atoms with Crippen molar-refractivity contribution in [3.05, 3.63) is 24.0 Å². The van der Waals surface area contributed by atoms with E-state index in [0.717, 1.165) is 69.4 Å². The predicted molar refractivity (Wildman–Crippen MR) is 143 cm³/mol. The maximum Gasteiger partial charge on any atom is 0.222 e. The average molecular weight is 490 g/mol. The molecule has 2 heterocycles. The van der Waals surface area contributed by atoms with Gasteiger partial charge in [-0.25, -0.2) is 9.29 Å². The molecule has 0 spiro atoms. The topological polar surface area (TPSA) is 53.8 Å². The molecule has 1 fully saturated rings. The molecule has 0 radical (unpaired) electrons. The molecule has 1 saturated heterocycles. The fourth-order valence-corrected chi connectivity index (χ4v) is 5.25. The van der Waals surface area contributed by atoms with Gasteiger partial charge in [0.15, 0.2) is 0 Å². The van der Waals surface area contributed by atoms with E-state index in [1.165, 1.54) is 5.52 Å². The van der Waals surface area contributed by atoms with Gasteiger partial charge in [-0.15, -0.1) is 0 Å². The molecule has 1 aliphatic heterocycles. The number of piperazine rings is 1. The number of ether oxygens (including phenoxy) is 1. The summed E-state index contributed by atoms with van der Waals surface area (Å²) in [5, 5.41) is 0. The Morgan fingerprint density at radius 2 is 1.91 bits per heavy atom. The third kappa shape index (κ3) is 6.67. The lowest BCUT2D eigenvalue weighted by atomic mass is 9.95. The minimum Gasteiger partial charge on any atom is -0.382 e. The van der Waals surface area contributed by atoms with Gasteiger partial charge in [-0.1, -0.05) is 34.6 Å². The molecule has 190 valence electrons. The van der Waals surface area contributed by atoms with E-state index in [1.807, 2.05) is 18.7 Å². The number of aromatic nitrogens is 2. The summed E-state index contributed by atoms with van der Waals surface area (Å²) < 4.78 is 12.5. The maximum atomic E-state index is 11.9. The average Bonchev–Trinajstić information content (AvgIpc) is 3.17. The molecular weight excluding hydrogens is 446 g/mol. The van der Waals surface area contributed by atoms with Crippen molar-refractivity contribution in [2.75, 3.05) is 50.7 Å². The van der Waals surface area contributed by atoms with Crippen LogP contribution in [0.25, 0.3) is 11.0 Å². The lowest BCUT2D eigenvalue weighted by molar-refractivity contribution is -0.131. The summed E-state index contributed by atoms with van der Waals surface area (Å²) >= 11 is 1.72. The van der Waals surface area contributed by atoms with Crippen molar-refractivity contribution in [1.82, 2.24) is 18.8 Å². The zero-order valence-electron chi connectivity index (χ0n) is 22.1. The van der Waals surface area contributed by atoms with Crippen LogP contribution in [0.1, 0.15) is 60.2 Å². The Bertz CT molecular complexity index is 947.